The number of rotatable bonds is 9. The zero-order valence-corrected chi connectivity index (χ0v) is 13.6. The van der Waals surface area contributed by atoms with Crippen LogP contribution < -0.4 is 10.5 Å². The Balaban J connectivity index is 2.26. The molecule has 0 unspecified atom stereocenters. The Labute approximate surface area is 126 Å². The number of nitrogens with zero attached hydrogens (tertiary/aromatic N) is 1. The highest BCUT2D eigenvalue weighted by atomic mass is 32.2. The van der Waals surface area contributed by atoms with Crippen molar-refractivity contribution in [3.8, 4) is 0 Å². The van der Waals surface area contributed by atoms with Crippen molar-refractivity contribution in [2.24, 2.45) is 0 Å². The predicted molar refractivity (Wildman–Crippen MR) is 86.5 cm³/mol. The predicted octanol–water partition coefficient (Wildman–Crippen LogP) is 1.23. The van der Waals surface area contributed by atoms with Crippen molar-refractivity contribution < 1.29 is 8.42 Å². The maximum atomic E-state index is 11.8. The van der Waals surface area contributed by atoms with E-state index in [9.17, 15) is 8.42 Å². The molecule has 0 saturated heterocycles. The molecule has 1 aromatic carbocycles. The molecule has 1 rings (SSSR count). The zero-order chi connectivity index (χ0) is 15.0. The molecule has 20 heavy (non-hydrogen) atoms. The van der Waals surface area contributed by atoms with Gasteiger partial charge in [0.15, 0.2) is 0 Å². The molecule has 0 spiro atoms. The summed E-state index contributed by atoms with van der Waals surface area (Å²) < 4.78 is 26.2. The van der Waals surface area contributed by atoms with Crippen molar-refractivity contribution >= 4 is 27.5 Å². The van der Waals surface area contributed by atoms with Crippen LogP contribution in [-0.4, -0.2) is 52.0 Å². The second-order valence-electron chi connectivity index (χ2n) is 4.79. The normalized spacial score (nSPS) is 11.9. The smallest absolute Gasteiger partial charge is 0.212 e. The van der Waals surface area contributed by atoms with E-state index in [0.29, 0.717) is 18.0 Å². The fraction of sp³-hybridized carbons (Fsp3) is 0.538. The van der Waals surface area contributed by atoms with E-state index in [1.807, 2.05) is 43.3 Å². The van der Waals surface area contributed by atoms with E-state index in [4.69, 9.17) is 5.73 Å². The first kappa shape index (κ1) is 17.3. The van der Waals surface area contributed by atoms with Crippen LogP contribution in [-0.2, 0) is 10.0 Å². The largest absolute Gasteiger partial charge is 0.399 e. The van der Waals surface area contributed by atoms with E-state index in [0.717, 1.165) is 17.9 Å². The van der Waals surface area contributed by atoms with Crippen molar-refractivity contribution in [3.05, 3.63) is 24.3 Å². The molecule has 7 heteroatoms. The van der Waals surface area contributed by atoms with Gasteiger partial charge in [0, 0.05) is 22.9 Å². The molecule has 0 aliphatic rings. The van der Waals surface area contributed by atoms with Gasteiger partial charge < -0.3 is 10.6 Å². The van der Waals surface area contributed by atoms with Crippen molar-refractivity contribution in [1.29, 1.82) is 0 Å². The monoisotopic (exact) mass is 317 g/mol. The highest BCUT2D eigenvalue weighted by Gasteiger charge is 2.09. The minimum absolute atomic E-state index is 0.119. The Morgan fingerprint density at radius 3 is 2.75 bits per heavy atom. The second kappa shape index (κ2) is 8.51. The molecule has 0 aliphatic heterocycles. The lowest BCUT2D eigenvalue weighted by molar-refractivity contribution is 0.400. The third-order valence-corrected chi connectivity index (χ3v) is 5.22. The standard InChI is InChI=1S/C13H23N3O2S2/c1-16(2)8-4-7-15-20(17,18)10-9-19-13-6-3-5-12(14)11-13/h3,5-6,11,15H,4,7-10,14H2,1-2H3. The van der Waals surface area contributed by atoms with Gasteiger partial charge in [-0.3, -0.25) is 0 Å². The molecule has 0 atom stereocenters. The van der Waals surface area contributed by atoms with Crippen LogP contribution in [0.25, 0.3) is 0 Å². The summed E-state index contributed by atoms with van der Waals surface area (Å²) in [5, 5.41) is 0. The lowest BCUT2D eigenvalue weighted by Crippen LogP contribution is -2.30. The van der Waals surface area contributed by atoms with Crippen LogP contribution in [0.3, 0.4) is 0 Å². The molecule has 0 radical (unpaired) electrons. The fourth-order valence-electron chi connectivity index (χ4n) is 1.57. The van der Waals surface area contributed by atoms with Crippen LogP contribution in [0, 0.1) is 0 Å². The Bertz CT molecular complexity index is 504. The first-order chi connectivity index (χ1) is 9.39. The van der Waals surface area contributed by atoms with Gasteiger partial charge in [0.05, 0.1) is 5.75 Å². The quantitative estimate of drug-likeness (QED) is 0.407. The van der Waals surface area contributed by atoms with Crippen molar-refractivity contribution in [2.45, 2.75) is 11.3 Å². The summed E-state index contributed by atoms with van der Waals surface area (Å²) in [6.07, 6.45) is 0.814. The number of hydrogen-bond donors (Lipinski definition) is 2. The third-order valence-electron chi connectivity index (χ3n) is 2.58. The summed E-state index contributed by atoms with van der Waals surface area (Å²) in [4.78, 5) is 3.03. The molecule has 114 valence electrons. The van der Waals surface area contributed by atoms with Crippen LogP contribution in [0.4, 0.5) is 5.69 Å². The Morgan fingerprint density at radius 2 is 2.10 bits per heavy atom. The first-order valence-electron chi connectivity index (χ1n) is 6.49. The summed E-state index contributed by atoms with van der Waals surface area (Å²) in [6, 6.07) is 7.46. The molecular weight excluding hydrogens is 294 g/mol. The number of hydrogen-bond acceptors (Lipinski definition) is 5. The zero-order valence-electron chi connectivity index (χ0n) is 12.0. The van der Waals surface area contributed by atoms with E-state index in [1.54, 1.807) is 0 Å². The van der Waals surface area contributed by atoms with Gasteiger partial charge in [-0.05, 0) is 45.3 Å². The minimum Gasteiger partial charge on any atom is -0.399 e. The van der Waals surface area contributed by atoms with E-state index in [-0.39, 0.29) is 5.75 Å². The first-order valence-corrected chi connectivity index (χ1v) is 9.13. The fourth-order valence-corrected chi connectivity index (χ4v) is 4.01. The molecule has 0 aromatic heterocycles. The molecule has 3 N–H and O–H groups in total. The Hall–Kier alpha value is -0.760. The Kier molecular flexibility index (Phi) is 7.36. The summed E-state index contributed by atoms with van der Waals surface area (Å²) in [5.41, 5.74) is 6.37. The number of benzene rings is 1. The lowest BCUT2D eigenvalue weighted by atomic mass is 10.3. The summed E-state index contributed by atoms with van der Waals surface area (Å²) in [5.74, 6) is 0.640. The van der Waals surface area contributed by atoms with E-state index < -0.39 is 10.0 Å². The minimum atomic E-state index is -3.18. The van der Waals surface area contributed by atoms with Gasteiger partial charge in [0.2, 0.25) is 10.0 Å². The Morgan fingerprint density at radius 1 is 1.35 bits per heavy atom. The molecule has 0 aliphatic carbocycles. The van der Waals surface area contributed by atoms with Gasteiger partial charge in [-0.2, -0.15) is 0 Å². The number of anilines is 1. The van der Waals surface area contributed by atoms with Gasteiger partial charge in [-0.25, -0.2) is 13.1 Å². The molecule has 0 saturated carbocycles. The molecule has 0 heterocycles. The number of nitrogen functional groups attached to an aromatic ring is 1. The van der Waals surface area contributed by atoms with Crippen LogP contribution in [0.15, 0.2) is 29.2 Å². The van der Waals surface area contributed by atoms with E-state index >= 15 is 0 Å². The second-order valence-corrected chi connectivity index (χ2v) is 7.89. The van der Waals surface area contributed by atoms with Gasteiger partial charge in [-0.15, -0.1) is 11.8 Å². The summed E-state index contributed by atoms with van der Waals surface area (Å²) >= 11 is 1.50. The van der Waals surface area contributed by atoms with Crippen molar-refractivity contribution in [3.63, 3.8) is 0 Å². The average Bonchev–Trinajstić information content (AvgIpc) is 2.34. The van der Waals surface area contributed by atoms with Crippen molar-refractivity contribution in [2.75, 3.05) is 44.4 Å². The number of nitrogens with one attached hydrogen (secondary N) is 1. The number of sulfonamides is 1. The SMILES string of the molecule is CN(C)CCCNS(=O)(=O)CCSc1cccc(N)c1. The van der Waals surface area contributed by atoms with E-state index in [1.165, 1.54) is 11.8 Å². The van der Waals surface area contributed by atoms with Gasteiger partial charge >= 0.3 is 0 Å². The molecular formula is C13H23N3O2S2. The van der Waals surface area contributed by atoms with Crippen LogP contribution in [0.1, 0.15) is 6.42 Å². The molecule has 5 nitrogen and oxygen atoms in total. The molecule has 0 fully saturated rings. The van der Waals surface area contributed by atoms with Gasteiger partial charge in [0.25, 0.3) is 0 Å². The molecule has 0 amide bonds. The number of thioether (sulfide) groups is 1. The van der Waals surface area contributed by atoms with Crippen molar-refractivity contribution in [1.82, 2.24) is 9.62 Å². The molecule has 0 bridgehead atoms. The van der Waals surface area contributed by atoms with Crippen LogP contribution in [0.5, 0.6) is 0 Å². The number of nitrogens with two attached hydrogens (primary N) is 1. The van der Waals surface area contributed by atoms with Crippen LogP contribution in [0.2, 0.25) is 0 Å². The third kappa shape index (κ3) is 7.74. The van der Waals surface area contributed by atoms with Gasteiger partial charge in [-0.1, -0.05) is 6.07 Å². The summed E-state index contributed by atoms with van der Waals surface area (Å²) in [7, 11) is 0.758. The maximum Gasteiger partial charge on any atom is 0.212 e. The highest BCUT2D eigenvalue weighted by molar-refractivity contribution is 8.00. The topological polar surface area (TPSA) is 75.4 Å². The van der Waals surface area contributed by atoms with Crippen LogP contribution >= 0.6 is 11.8 Å². The lowest BCUT2D eigenvalue weighted by Gasteiger charge is -2.10. The molecule has 1 aromatic rings. The van der Waals surface area contributed by atoms with Gasteiger partial charge in [0.1, 0.15) is 0 Å². The highest BCUT2D eigenvalue weighted by Crippen LogP contribution is 2.20. The average molecular weight is 317 g/mol. The van der Waals surface area contributed by atoms with E-state index in [2.05, 4.69) is 4.72 Å². The maximum absolute atomic E-state index is 11.8. The summed E-state index contributed by atoms with van der Waals surface area (Å²) in [6.45, 7) is 1.37.